The summed E-state index contributed by atoms with van der Waals surface area (Å²) in [6.07, 6.45) is 0. The topological polar surface area (TPSA) is 90.2 Å². The van der Waals surface area contributed by atoms with E-state index in [1.807, 2.05) is 0 Å². The van der Waals surface area contributed by atoms with Gasteiger partial charge in [-0.05, 0) is 0 Å². The molecule has 1 aliphatic rings. The lowest BCUT2D eigenvalue weighted by molar-refractivity contribution is 0.594. The van der Waals surface area contributed by atoms with Gasteiger partial charge >= 0.3 is 0 Å². The summed E-state index contributed by atoms with van der Waals surface area (Å²) < 4.78 is 38.9. The normalized spacial score (nSPS) is 22.9. The van der Waals surface area contributed by atoms with Crippen molar-refractivity contribution in [1.29, 1.82) is 0 Å². The van der Waals surface area contributed by atoms with E-state index in [2.05, 4.69) is 5.32 Å². The van der Waals surface area contributed by atoms with Crippen LogP contribution >= 0.6 is 0 Å². The summed E-state index contributed by atoms with van der Waals surface area (Å²) in [6.45, 7) is 0.0322. The van der Waals surface area contributed by atoms with Gasteiger partial charge in [0, 0.05) is 6.54 Å². The summed E-state index contributed by atoms with van der Waals surface area (Å²) in [5.41, 5.74) is 0. The highest BCUT2D eigenvalue weighted by Gasteiger charge is 2.50. The molecule has 1 rings (SSSR count). The second-order valence-electron chi connectivity index (χ2n) is 1.68. The summed E-state index contributed by atoms with van der Waals surface area (Å²) >= 11 is 0. The molecule has 0 aliphatic carbocycles. The van der Waals surface area contributed by atoms with E-state index in [9.17, 15) is 16.8 Å². The second-order valence-corrected chi connectivity index (χ2v) is 4.59. The minimum atomic E-state index is -2.88. The Kier molecular flexibility index (Phi) is 1.49. The highest BCUT2D eigenvalue weighted by Crippen LogP contribution is 2.17. The Balaban J connectivity index is 3.01. The van der Waals surface area contributed by atoms with Gasteiger partial charge < -0.3 is 0 Å². The van der Waals surface area contributed by atoms with E-state index in [-0.39, 0.29) is 6.54 Å². The van der Waals surface area contributed by atoms with Crippen molar-refractivity contribution < 1.29 is 16.8 Å². The molecule has 7 heteroatoms. The number of nitrogens with one attached hydrogen (secondary N) is 1. The molecule has 0 aromatic heterocycles. The maximum absolute atomic E-state index is 10.1. The van der Waals surface area contributed by atoms with Gasteiger partial charge in [-0.1, -0.05) is 0 Å². The maximum atomic E-state index is 10.1. The SMILES string of the molecule is O=[SH](=O)C1([SH](=O)=O)CN1. The van der Waals surface area contributed by atoms with Gasteiger partial charge in [0.1, 0.15) is 0 Å². The third-order valence-electron chi connectivity index (χ3n) is 1.10. The molecule has 9 heavy (non-hydrogen) atoms. The number of thiol groups is 2. The van der Waals surface area contributed by atoms with E-state index in [0.29, 0.717) is 0 Å². The lowest BCUT2D eigenvalue weighted by atomic mass is 11.0. The molecule has 0 bridgehead atoms. The van der Waals surface area contributed by atoms with Crippen molar-refractivity contribution >= 4 is 21.4 Å². The van der Waals surface area contributed by atoms with Crippen LogP contribution in [0.25, 0.3) is 0 Å². The average Bonchev–Trinajstić information content (AvgIpc) is 2.40. The maximum Gasteiger partial charge on any atom is 0.230 e. The predicted octanol–water partition coefficient (Wildman–Crippen LogP) is -2.53. The molecular formula is C2H5NO4S2. The molecule has 0 aromatic carbocycles. The van der Waals surface area contributed by atoms with Gasteiger partial charge in [-0.15, -0.1) is 0 Å². The van der Waals surface area contributed by atoms with E-state index in [1.54, 1.807) is 0 Å². The van der Waals surface area contributed by atoms with Crippen LogP contribution in [0.4, 0.5) is 0 Å². The predicted molar refractivity (Wildman–Crippen MR) is 31.4 cm³/mol. The van der Waals surface area contributed by atoms with Crippen molar-refractivity contribution in [3.8, 4) is 0 Å². The highest BCUT2D eigenvalue weighted by molar-refractivity contribution is 7.93. The van der Waals surface area contributed by atoms with E-state index in [4.69, 9.17) is 0 Å². The van der Waals surface area contributed by atoms with Gasteiger partial charge in [0.2, 0.25) is 4.20 Å². The van der Waals surface area contributed by atoms with Crippen molar-refractivity contribution in [2.75, 3.05) is 6.54 Å². The zero-order valence-corrected chi connectivity index (χ0v) is 6.02. The minimum absolute atomic E-state index is 0.0322. The Labute approximate surface area is 55.0 Å². The van der Waals surface area contributed by atoms with Crippen molar-refractivity contribution in [3.05, 3.63) is 0 Å². The van der Waals surface area contributed by atoms with Gasteiger partial charge in [-0.3, -0.25) is 5.32 Å². The minimum Gasteiger partial charge on any atom is -0.281 e. The first-order chi connectivity index (χ1) is 4.09. The first-order valence-corrected chi connectivity index (χ1v) is 4.49. The molecule has 0 saturated carbocycles. The third kappa shape index (κ3) is 0.950. The molecule has 54 valence electrons. The first kappa shape index (κ1) is 6.97. The molecule has 0 spiro atoms. The lowest BCUT2D eigenvalue weighted by Gasteiger charge is -1.88. The molecular weight excluding hydrogens is 166 g/mol. The van der Waals surface area contributed by atoms with Crippen LogP contribution in [0, 0.1) is 0 Å². The smallest absolute Gasteiger partial charge is 0.230 e. The third-order valence-corrected chi connectivity index (χ3v) is 3.92. The Morgan fingerprint density at radius 1 is 1.11 bits per heavy atom. The van der Waals surface area contributed by atoms with Crippen molar-refractivity contribution in [3.63, 3.8) is 0 Å². The zero-order valence-electron chi connectivity index (χ0n) is 4.23. The summed E-state index contributed by atoms with van der Waals surface area (Å²) in [6, 6.07) is 0. The van der Waals surface area contributed by atoms with Crippen molar-refractivity contribution in [2.24, 2.45) is 0 Å². The largest absolute Gasteiger partial charge is 0.281 e. The number of rotatable bonds is 2. The highest BCUT2D eigenvalue weighted by atomic mass is 32.2. The van der Waals surface area contributed by atoms with Crippen LogP contribution in [-0.4, -0.2) is 27.6 Å². The average molecular weight is 171 g/mol. The Hall–Kier alpha value is -0.140. The van der Waals surface area contributed by atoms with E-state index >= 15 is 0 Å². The van der Waals surface area contributed by atoms with Crippen LogP contribution < -0.4 is 5.32 Å². The summed E-state index contributed by atoms with van der Waals surface area (Å²) in [5.74, 6) is 0. The van der Waals surface area contributed by atoms with Crippen LogP contribution in [0.1, 0.15) is 0 Å². The van der Waals surface area contributed by atoms with Gasteiger partial charge in [0.05, 0.1) is 0 Å². The molecule has 0 amide bonds. The summed E-state index contributed by atoms with van der Waals surface area (Å²) in [5, 5.41) is 2.25. The molecule has 1 fully saturated rings. The molecule has 1 saturated heterocycles. The van der Waals surface area contributed by atoms with Crippen LogP contribution in [0.15, 0.2) is 0 Å². The van der Waals surface area contributed by atoms with Crippen LogP contribution in [0.2, 0.25) is 0 Å². The number of hydrogen-bond acceptors (Lipinski definition) is 5. The summed E-state index contributed by atoms with van der Waals surface area (Å²) in [4.78, 5) is 0. The van der Waals surface area contributed by atoms with Crippen molar-refractivity contribution in [2.45, 2.75) is 4.20 Å². The molecule has 0 unspecified atom stereocenters. The zero-order chi connectivity index (χ0) is 7.07. The van der Waals surface area contributed by atoms with Gasteiger partial charge in [0.15, 0.2) is 21.4 Å². The fourth-order valence-corrected chi connectivity index (χ4v) is 1.61. The van der Waals surface area contributed by atoms with Crippen LogP contribution in [0.3, 0.4) is 0 Å². The van der Waals surface area contributed by atoms with E-state index < -0.39 is 25.6 Å². The number of hydrogen-bond donors (Lipinski definition) is 3. The fourth-order valence-electron chi connectivity index (χ4n) is 0.404. The Morgan fingerprint density at radius 3 is 1.44 bits per heavy atom. The van der Waals surface area contributed by atoms with E-state index in [0.717, 1.165) is 0 Å². The van der Waals surface area contributed by atoms with Gasteiger partial charge in [-0.2, -0.15) is 0 Å². The molecule has 0 radical (unpaired) electrons. The molecule has 0 aromatic rings. The lowest BCUT2D eigenvalue weighted by Crippen LogP contribution is -2.18. The molecule has 5 nitrogen and oxygen atoms in total. The molecule has 1 heterocycles. The van der Waals surface area contributed by atoms with Gasteiger partial charge in [-0.25, -0.2) is 16.8 Å². The standard InChI is InChI=1S/C2H5NO4S2/c4-8(5)2(1-3-2)9(6)7/h3,8-9H,1H2. The monoisotopic (exact) mass is 171 g/mol. The van der Waals surface area contributed by atoms with Gasteiger partial charge in [0.25, 0.3) is 0 Å². The Bertz CT molecular complexity index is 220. The molecule has 1 N–H and O–H groups in total. The quantitative estimate of drug-likeness (QED) is 0.315. The second kappa shape index (κ2) is 1.93. The first-order valence-electron chi connectivity index (χ1n) is 2.13. The Morgan fingerprint density at radius 2 is 1.44 bits per heavy atom. The molecule has 1 aliphatic heterocycles. The van der Waals surface area contributed by atoms with E-state index in [1.165, 1.54) is 0 Å². The molecule has 0 atom stereocenters. The van der Waals surface area contributed by atoms with Crippen molar-refractivity contribution in [1.82, 2.24) is 5.32 Å². The van der Waals surface area contributed by atoms with Crippen LogP contribution in [-0.2, 0) is 21.4 Å². The fraction of sp³-hybridized carbons (Fsp3) is 1.00. The van der Waals surface area contributed by atoms with Crippen LogP contribution in [0.5, 0.6) is 0 Å². The summed E-state index contributed by atoms with van der Waals surface area (Å²) in [7, 11) is -5.76.